The maximum Gasteiger partial charge on any atom is 0.173 e. The fourth-order valence-corrected chi connectivity index (χ4v) is 2.96. The lowest BCUT2D eigenvalue weighted by molar-refractivity contribution is 0.284. The van der Waals surface area contributed by atoms with E-state index >= 15 is 0 Å². The van der Waals surface area contributed by atoms with Crippen LogP contribution in [0.5, 0.6) is 11.5 Å². The summed E-state index contributed by atoms with van der Waals surface area (Å²) in [6, 6.07) is 11.6. The minimum absolute atomic E-state index is 0.0182. The molecule has 152 valence electrons. The van der Waals surface area contributed by atoms with Crippen molar-refractivity contribution in [3.8, 4) is 17.3 Å². The van der Waals surface area contributed by atoms with Crippen LogP contribution in [0.1, 0.15) is 24.1 Å². The molecule has 0 spiro atoms. The smallest absolute Gasteiger partial charge is 0.173 e. The summed E-state index contributed by atoms with van der Waals surface area (Å²) >= 11 is 0. The van der Waals surface area contributed by atoms with E-state index in [9.17, 15) is 0 Å². The molecular weight excluding hydrogens is 380 g/mol. The van der Waals surface area contributed by atoms with Gasteiger partial charge in [0.25, 0.3) is 0 Å². The van der Waals surface area contributed by atoms with Gasteiger partial charge in [-0.1, -0.05) is 6.07 Å². The van der Waals surface area contributed by atoms with E-state index in [2.05, 4.69) is 32.3 Å². The third kappa shape index (κ3) is 4.54. The van der Waals surface area contributed by atoms with Crippen molar-refractivity contribution in [1.82, 2.24) is 24.7 Å². The van der Waals surface area contributed by atoms with Gasteiger partial charge in [0.05, 0.1) is 25.5 Å². The number of pyridine rings is 1. The van der Waals surface area contributed by atoms with E-state index in [0.29, 0.717) is 29.7 Å². The van der Waals surface area contributed by atoms with Crippen molar-refractivity contribution in [3.63, 3.8) is 0 Å². The van der Waals surface area contributed by atoms with Crippen molar-refractivity contribution < 1.29 is 9.47 Å². The Kier molecular flexibility index (Phi) is 5.84. The summed E-state index contributed by atoms with van der Waals surface area (Å²) in [4.78, 5) is 12.8. The normalized spacial score (nSPS) is 11.7. The highest BCUT2D eigenvalue weighted by molar-refractivity contribution is 5.46. The number of rotatable bonds is 8. The SMILES string of the molecule is COc1cc([C@@H](C)Nc2cncc(-n3cccn3)n2)ccc1OCc1ccncc1. The zero-order valence-electron chi connectivity index (χ0n) is 16.8. The zero-order chi connectivity index (χ0) is 20.8. The van der Waals surface area contributed by atoms with Crippen LogP contribution in [0.3, 0.4) is 0 Å². The monoisotopic (exact) mass is 402 g/mol. The standard InChI is InChI=1S/C22H22N6O2/c1-16(26-21-13-24-14-22(27-21)28-11-3-8-25-28)18-4-5-19(20(12-18)29-2)30-15-17-6-9-23-10-7-17/h3-14,16H,15H2,1-2H3,(H,26,27)/t16-/m1/s1. The van der Waals surface area contributed by atoms with Crippen LogP contribution in [-0.4, -0.2) is 31.8 Å². The van der Waals surface area contributed by atoms with Crippen molar-refractivity contribution in [1.29, 1.82) is 0 Å². The zero-order valence-corrected chi connectivity index (χ0v) is 16.8. The molecule has 0 saturated heterocycles. The Labute approximate surface area is 174 Å². The van der Waals surface area contributed by atoms with Crippen LogP contribution in [0.4, 0.5) is 5.82 Å². The Hall–Kier alpha value is -3.94. The summed E-state index contributed by atoms with van der Waals surface area (Å²) in [5.41, 5.74) is 2.08. The number of hydrogen-bond acceptors (Lipinski definition) is 7. The number of nitrogens with one attached hydrogen (secondary N) is 1. The molecule has 3 heterocycles. The summed E-state index contributed by atoms with van der Waals surface area (Å²) in [6.07, 6.45) is 10.4. The molecule has 1 aromatic carbocycles. The van der Waals surface area contributed by atoms with Crippen molar-refractivity contribution in [2.45, 2.75) is 19.6 Å². The number of anilines is 1. The topological polar surface area (TPSA) is 87.0 Å². The van der Waals surface area contributed by atoms with E-state index in [1.807, 2.05) is 42.6 Å². The van der Waals surface area contributed by atoms with E-state index < -0.39 is 0 Å². The molecular formula is C22H22N6O2. The van der Waals surface area contributed by atoms with E-state index in [-0.39, 0.29) is 6.04 Å². The minimum Gasteiger partial charge on any atom is -0.493 e. The van der Waals surface area contributed by atoms with Crippen LogP contribution in [0, 0.1) is 0 Å². The van der Waals surface area contributed by atoms with Gasteiger partial charge in [-0.3, -0.25) is 9.97 Å². The molecule has 4 aromatic rings. The highest BCUT2D eigenvalue weighted by atomic mass is 16.5. The maximum atomic E-state index is 5.92. The fraction of sp³-hybridized carbons (Fsp3) is 0.182. The van der Waals surface area contributed by atoms with Gasteiger partial charge >= 0.3 is 0 Å². The van der Waals surface area contributed by atoms with Gasteiger partial charge in [-0.2, -0.15) is 5.10 Å². The van der Waals surface area contributed by atoms with Gasteiger partial charge in [0.2, 0.25) is 0 Å². The van der Waals surface area contributed by atoms with Gasteiger partial charge in [-0.25, -0.2) is 9.67 Å². The second kappa shape index (κ2) is 9.04. The van der Waals surface area contributed by atoms with E-state index in [4.69, 9.17) is 9.47 Å². The third-order valence-corrected chi connectivity index (χ3v) is 4.56. The number of nitrogens with zero attached hydrogens (tertiary/aromatic N) is 5. The van der Waals surface area contributed by atoms with Crippen LogP contribution in [-0.2, 0) is 6.61 Å². The second-order valence-electron chi connectivity index (χ2n) is 6.63. The molecule has 0 unspecified atom stereocenters. The molecule has 0 radical (unpaired) electrons. The lowest BCUT2D eigenvalue weighted by atomic mass is 10.1. The first-order valence-electron chi connectivity index (χ1n) is 9.51. The fourth-order valence-electron chi connectivity index (χ4n) is 2.96. The average Bonchev–Trinajstić information content (AvgIpc) is 3.33. The Morgan fingerprint density at radius 2 is 1.90 bits per heavy atom. The minimum atomic E-state index is -0.0182. The van der Waals surface area contributed by atoms with E-state index in [1.54, 1.807) is 42.8 Å². The first-order valence-corrected chi connectivity index (χ1v) is 9.51. The molecule has 1 atom stereocenters. The van der Waals surface area contributed by atoms with Crippen molar-refractivity contribution in [3.05, 3.63) is 84.7 Å². The molecule has 0 amide bonds. The van der Waals surface area contributed by atoms with Crippen LogP contribution >= 0.6 is 0 Å². The lowest BCUT2D eigenvalue weighted by Crippen LogP contribution is -2.10. The largest absolute Gasteiger partial charge is 0.493 e. The maximum absolute atomic E-state index is 5.92. The van der Waals surface area contributed by atoms with Crippen LogP contribution < -0.4 is 14.8 Å². The van der Waals surface area contributed by atoms with Gasteiger partial charge in [-0.15, -0.1) is 0 Å². The van der Waals surface area contributed by atoms with Gasteiger partial charge < -0.3 is 14.8 Å². The number of benzene rings is 1. The van der Waals surface area contributed by atoms with Crippen LogP contribution in [0.15, 0.2) is 73.6 Å². The molecule has 8 nitrogen and oxygen atoms in total. The average molecular weight is 402 g/mol. The first kappa shape index (κ1) is 19.4. The summed E-state index contributed by atoms with van der Waals surface area (Å²) in [5, 5.41) is 7.56. The summed E-state index contributed by atoms with van der Waals surface area (Å²) < 4.78 is 13.1. The number of ether oxygens (including phenoxy) is 2. The quantitative estimate of drug-likeness (QED) is 0.479. The Balaban J connectivity index is 1.46. The molecule has 0 aliphatic carbocycles. The van der Waals surface area contributed by atoms with Crippen LogP contribution in [0.25, 0.3) is 5.82 Å². The molecule has 0 saturated carbocycles. The Bertz CT molecular complexity index is 1090. The van der Waals surface area contributed by atoms with Crippen molar-refractivity contribution >= 4 is 5.82 Å². The predicted octanol–water partition coefficient (Wildman–Crippen LogP) is 3.82. The Morgan fingerprint density at radius 1 is 1.03 bits per heavy atom. The molecule has 1 N–H and O–H groups in total. The predicted molar refractivity (Wildman–Crippen MR) is 113 cm³/mol. The second-order valence-corrected chi connectivity index (χ2v) is 6.63. The van der Waals surface area contributed by atoms with Gasteiger partial charge in [0.1, 0.15) is 12.4 Å². The molecule has 0 bridgehead atoms. The molecule has 0 aliphatic rings. The van der Waals surface area contributed by atoms with Crippen molar-refractivity contribution in [2.24, 2.45) is 0 Å². The number of aromatic nitrogens is 5. The Morgan fingerprint density at radius 3 is 2.67 bits per heavy atom. The van der Waals surface area contributed by atoms with Gasteiger partial charge in [0, 0.05) is 24.8 Å². The summed E-state index contributed by atoms with van der Waals surface area (Å²) in [6.45, 7) is 2.50. The molecule has 30 heavy (non-hydrogen) atoms. The van der Waals surface area contributed by atoms with Gasteiger partial charge in [-0.05, 0) is 48.4 Å². The van der Waals surface area contributed by atoms with Gasteiger partial charge in [0.15, 0.2) is 17.3 Å². The molecule has 4 rings (SSSR count). The van der Waals surface area contributed by atoms with E-state index in [0.717, 1.165) is 11.1 Å². The summed E-state index contributed by atoms with van der Waals surface area (Å²) in [7, 11) is 1.63. The number of methoxy groups -OCH3 is 1. The molecule has 3 aromatic heterocycles. The highest BCUT2D eigenvalue weighted by Gasteiger charge is 2.12. The number of hydrogen-bond donors (Lipinski definition) is 1. The molecule has 0 fully saturated rings. The van der Waals surface area contributed by atoms with Crippen LogP contribution in [0.2, 0.25) is 0 Å². The van der Waals surface area contributed by atoms with E-state index in [1.165, 1.54) is 0 Å². The highest BCUT2D eigenvalue weighted by Crippen LogP contribution is 2.31. The molecule has 8 heteroatoms. The third-order valence-electron chi connectivity index (χ3n) is 4.56. The first-order chi connectivity index (χ1) is 14.7. The molecule has 0 aliphatic heterocycles. The van der Waals surface area contributed by atoms with Crippen molar-refractivity contribution in [2.75, 3.05) is 12.4 Å². The summed E-state index contributed by atoms with van der Waals surface area (Å²) in [5.74, 6) is 2.67. The lowest BCUT2D eigenvalue weighted by Gasteiger charge is -2.18.